The minimum Gasteiger partial charge on any atom is -0.325 e. The minimum absolute atomic E-state index is 0.000485. The Morgan fingerprint density at radius 2 is 1.73 bits per heavy atom. The Labute approximate surface area is 132 Å². The van der Waals surface area contributed by atoms with E-state index in [1.807, 2.05) is 6.92 Å². The molecule has 1 aromatic carbocycles. The Balaban J connectivity index is 1.90. The van der Waals surface area contributed by atoms with Gasteiger partial charge in [-0.25, -0.2) is 0 Å². The van der Waals surface area contributed by atoms with Crippen LogP contribution in [-0.4, -0.2) is 60.3 Å². The second-order valence-electron chi connectivity index (χ2n) is 5.77. The van der Waals surface area contributed by atoms with Crippen LogP contribution in [0.1, 0.15) is 31.1 Å². The summed E-state index contributed by atoms with van der Waals surface area (Å²) in [6.07, 6.45) is 0. The van der Waals surface area contributed by atoms with Gasteiger partial charge in [0.05, 0.1) is 6.04 Å². The standard InChI is InChI=1S/C17H25N3O2/c1-4-19-9-11-20(12-10-19)13(2)17(22)18-16-7-5-15(6-8-16)14(3)21/h5-8,13H,4,9-12H2,1-3H3,(H,18,22)/t13-/m0/s1. The molecular formula is C17H25N3O2. The normalized spacial score (nSPS) is 18.0. The van der Waals surface area contributed by atoms with E-state index in [4.69, 9.17) is 0 Å². The highest BCUT2D eigenvalue weighted by Gasteiger charge is 2.24. The second-order valence-corrected chi connectivity index (χ2v) is 5.77. The van der Waals surface area contributed by atoms with Crippen LogP contribution in [0.25, 0.3) is 0 Å². The number of hydrogen-bond donors (Lipinski definition) is 1. The number of nitrogens with zero attached hydrogens (tertiary/aromatic N) is 2. The Bertz CT molecular complexity index is 519. The van der Waals surface area contributed by atoms with Crippen molar-refractivity contribution in [1.82, 2.24) is 9.80 Å². The fraction of sp³-hybridized carbons (Fsp3) is 0.529. The van der Waals surface area contributed by atoms with Crippen LogP contribution in [0.4, 0.5) is 5.69 Å². The van der Waals surface area contributed by atoms with Crippen LogP contribution in [0.15, 0.2) is 24.3 Å². The average Bonchev–Trinajstić information content (AvgIpc) is 2.54. The van der Waals surface area contributed by atoms with Crippen LogP contribution < -0.4 is 5.32 Å². The SMILES string of the molecule is CCN1CCN([C@@H](C)C(=O)Nc2ccc(C(C)=O)cc2)CC1. The molecule has 1 N–H and O–H groups in total. The van der Waals surface area contributed by atoms with Crippen LogP contribution in [0.5, 0.6) is 0 Å². The van der Waals surface area contributed by atoms with E-state index in [1.54, 1.807) is 24.3 Å². The van der Waals surface area contributed by atoms with Crippen LogP contribution >= 0.6 is 0 Å². The molecule has 0 aromatic heterocycles. The monoisotopic (exact) mass is 303 g/mol. The molecule has 0 spiro atoms. The first-order valence-corrected chi connectivity index (χ1v) is 7.89. The predicted octanol–water partition coefficient (Wildman–Crippen LogP) is 1.85. The summed E-state index contributed by atoms with van der Waals surface area (Å²) in [5.74, 6) is 0.0283. The number of nitrogens with one attached hydrogen (secondary N) is 1. The van der Waals surface area contributed by atoms with Crippen molar-refractivity contribution >= 4 is 17.4 Å². The lowest BCUT2D eigenvalue weighted by atomic mass is 10.1. The molecule has 0 saturated carbocycles. The molecule has 1 heterocycles. The molecule has 0 aliphatic carbocycles. The lowest BCUT2D eigenvalue weighted by Gasteiger charge is -2.36. The van der Waals surface area contributed by atoms with Gasteiger partial charge in [-0.1, -0.05) is 6.92 Å². The van der Waals surface area contributed by atoms with E-state index in [9.17, 15) is 9.59 Å². The summed E-state index contributed by atoms with van der Waals surface area (Å²) in [5.41, 5.74) is 1.38. The summed E-state index contributed by atoms with van der Waals surface area (Å²) >= 11 is 0. The number of amides is 1. The van der Waals surface area contributed by atoms with Crippen molar-refractivity contribution in [2.24, 2.45) is 0 Å². The van der Waals surface area contributed by atoms with Gasteiger partial charge in [0.2, 0.25) is 5.91 Å². The van der Waals surface area contributed by atoms with Gasteiger partial charge in [0.25, 0.3) is 0 Å². The van der Waals surface area contributed by atoms with Gasteiger partial charge in [-0.15, -0.1) is 0 Å². The summed E-state index contributed by atoms with van der Waals surface area (Å²) in [6, 6.07) is 6.88. The molecule has 1 aliphatic rings. The van der Waals surface area contributed by atoms with Crippen molar-refractivity contribution in [3.8, 4) is 0 Å². The Morgan fingerprint density at radius 1 is 1.14 bits per heavy atom. The number of carbonyl (C=O) groups is 2. The third kappa shape index (κ3) is 4.15. The summed E-state index contributed by atoms with van der Waals surface area (Å²) in [5, 5.41) is 2.92. The van der Waals surface area contributed by atoms with E-state index in [-0.39, 0.29) is 17.7 Å². The maximum atomic E-state index is 12.3. The van der Waals surface area contributed by atoms with Crippen molar-refractivity contribution in [1.29, 1.82) is 0 Å². The molecule has 0 unspecified atom stereocenters. The molecule has 0 radical (unpaired) electrons. The molecule has 2 rings (SSSR count). The van der Waals surface area contributed by atoms with Crippen molar-refractivity contribution in [2.75, 3.05) is 38.0 Å². The quantitative estimate of drug-likeness (QED) is 0.844. The van der Waals surface area contributed by atoms with Gasteiger partial charge < -0.3 is 10.2 Å². The third-order valence-electron chi connectivity index (χ3n) is 4.34. The number of benzene rings is 1. The molecule has 1 fully saturated rings. The van der Waals surface area contributed by atoms with Crippen molar-refractivity contribution in [2.45, 2.75) is 26.8 Å². The molecule has 5 heteroatoms. The molecule has 1 aliphatic heterocycles. The topological polar surface area (TPSA) is 52.6 Å². The predicted molar refractivity (Wildman–Crippen MR) is 88.2 cm³/mol. The third-order valence-corrected chi connectivity index (χ3v) is 4.34. The lowest BCUT2D eigenvalue weighted by Crippen LogP contribution is -2.52. The van der Waals surface area contributed by atoms with E-state index in [1.165, 1.54) is 6.92 Å². The Morgan fingerprint density at radius 3 is 2.23 bits per heavy atom. The van der Waals surface area contributed by atoms with Crippen LogP contribution in [-0.2, 0) is 4.79 Å². The maximum absolute atomic E-state index is 12.3. The number of hydrogen-bond acceptors (Lipinski definition) is 4. The summed E-state index contributed by atoms with van der Waals surface area (Å²) < 4.78 is 0. The highest BCUT2D eigenvalue weighted by molar-refractivity contribution is 5.96. The fourth-order valence-electron chi connectivity index (χ4n) is 2.67. The number of Topliss-reactive ketones (excluding diaryl/α,β-unsaturated/α-hetero) is 1. The number of piperazine rings is 1. The van der Waals surface area contributed by atoms with E-state index in [0.717, 1.165) is 38.4 Å². The molecule has 1 atom stereocenters. The number of ketones is 1. The van der Waals surface area contributed by atoms with E-state index in [0.29, 0.717) is 5.56 Å². The first-order valence-electron chi connectivity index (χ1n) is 7.89. The van der Waals surface area contributed by atoms with Gasteiger partial charge in [-0.3, -0.25) is 14.5 Å². The first-order chi connectivity index (χ1) is 10.5. The van der Waals surface area contributed by atoms with Crippen molar-refractivity contribution in [3.63, 3.8) is 0 Å². The molecular weight excluding hydrogens is 278 g/mol. The molecule has 5 nitrogen and oxygen atoms in total. The van der Waals surface area contributed by atoms with E-state index >= 15 is 0 Å². The smallest absolute Gasteiger partial charge is 0.241 e. The molecule has 120 valence electrons. The summed E-state index contributed by atoms with van der Waals surface area (Å²) in [4.78, 5) is 28.2. The molecule has 1 amide bonds. The van der Waals surface area contributed by atoms with Gasteiger partial charge in [-0.05, 0) is 44.7 Å². The number of carbonyl (C=O) groups excluding carboxylic acids is 2. The van der Waals surface area contributed by atoms with Crippen LogP contribution in [0.2, 0.25) is 0 Å². The van der Waals surface area contributed by atoms with Gasteiger partial charge in [-0.2, -0.15) is 0 Å². The first kappa shape index (κ1) is 16.6. The number of rotatable bonds is 5. The summed E-state index contributed by atoms with van der Waals surface area (Å²) in [6.45, 7) is 10.6. The Hall–Kier alpha value is -1.72. The summed E-state index contributed by atoms with van der Waals surface area (Å²) in [7, 11) is 0. The van der Waals surface area contributed by atoms with Crippen LogP contribution in [0.3, 0.4) is 0 Å². The molecule has 0 bridgehead atoms. The van der Waals surface area contributed by atoms with Crippen molar-refractivity contribution in [3.05, 3.63) is 29.8 Å². The number of likely N-dealkylation sites (N-methyl/N-ethyl adjacent to an activating group) is 1. The van der Waals surface area contributed by atoms with E-state index < -0.39 is 0 Å². The van der Waals surface area contributed by atoms with Gasteiger partial charge in [0.15, 0.2) is 5.78 Å². The highest BCUT2D eigenvalue weighted by atomic mass is 16.2. The van der Waals surface area contributed by atoms with Crippen molar-refractivity contribution < 1.29 is 9.59 Å². The van der Waals surface area contributed by atoms with Gasteiger partial charge >= 0.3 is 0 Å². The average molecular weight is 303 g/mol. The zero-order valence-electron chi connectivity index (χ0n) is 13.6. The van der Waals surface area contributed by atoms with Gasteiger partial charge in [0.1, 0.15) is 0 Å². The van der Waals surface area contributed by atoms with E-state index in [2.05, 4.69) is 22.0 Å². The highest BCUT2D eigenvalue weighted by Crippen LogP contribution is 2.12. The zero-order chi connectivity index (χ0) is 16.1. The zero-order valence-corrected chi connectivity index (χ0v) is 13.6. The maximum Gasteiger partial charge on any atom is 0.241 e. The number of anilines is 1. The molecule has 1 aromatic rings. The second kappa shape index (κ2) is 7.51. The lowest BCUT2D eigenvalue weighted by molar-refractivity contribution is -0.121. The molecule has 1 saturated heterocycles. The Kier molecular flexibility index (Phi) is 5.69. The van der Waals surface area contributed by atoms with Crippen LogP contribution in [0, 0.1) is 0 Å². The largest absolute Gasteiger partial charge is 0.325 e. The molecule has 22 heavy (non-hydrogen) atoms. The fourth-order valence-corrected chi connectivity index (χ4v) is 2.67. The minimum atomic E-state index is -0.147. The van der Waals surface area contributed by atoms with Gasteiger partial charge in [0, 0.05) is 37.4 Å².